The Morgan fingerprint density at radius 2 is 1.79 bits per heavy atom. The molecule has 0 aliphatic rings. The third-order valence-corrected chi connectivity index (χ3v) is 6.85. The summed E-state index contributed by atoms with van der Waals surface area (Å²) in [6, 6.07) is 12.2. The number of aryl methyl sites for hydroxylation is 1. The maximum Gasteiger partial charge on any atom is 0.416 e. The van der Waals surface area contributed by atoms with Gasteiger partial charge in [-0.25, -0.2) is 14.2 Å². The number of thiazole rings is 1. The zero-order valence-corrected chi connectivity index (χ0v) is 21.2. The van der Waals surface area contributed by atoms with Crippen molar-refractivity contribution in [2.75, 3.05) is 0 Å². The Balaban J connectivity index is 1.70. The normalized spacial score (nSPS) is 11.8. The molecule has 38 heavy (non-hydrogen) atoms. The van der Waals surface area contributed by atoms with Crippen LogP contribution < -0.4 is 0 Å². The summed E-state index contributed by atoms with van der Waals surface area (Å²) in [4.78, 5) is 17.6. The van der Waals surface area contributed by atoms with Crippen molar-refractivity contribution in [3.63, 3.8) is 0 Å². The van der Waals surface area contributed by atoms with Crippen molar-refractivity contribution in [3.8, 4) is 21.9 Å². The highest BCUT2D eigenvalue weighted by molar-refractivity contribution is 7.20. The van der Waals surface area contributed by atoms with Crippen molar-refractivity contribution in [2.24, 2.45) is 0 Å². The number of aromatic carboxylic acids is 1. The molecule has 0 saturated carbocycles. The van der Waals surface area contributed by atoms with Gasteiger partial charge in [0.15, 0.2) is 5.69 Å². The zero-order chi connectivity index (χ0) is 27.4. The van der Waals surface area contributed by atoms with Crippen molar-refractivity contribution in [2.45, 2.75) is 26.9 Å². The second kappa shape index (κ2) is 9.25. The largest absolute Gasteiger partial charge is 0.476 e. The number of alkyl halides is 3. The van der Waals surface area contributed by atoms with Gasteiger partial charge in [-0.2, -0.15) is 23.0 Å². The Hall–Kier alpha value is -4.25. The van der Waals surface area contributed by atoms with Gasteiger partial charge in [0, 0.05) is 16.9 Å². The fourth-order valence-corrected chi connectivity index (χ4v) is 5.35. The molecule has 3 heterocycles. The fraction of sp³-hybridized carbons (Fsp3) is 0.148. The van der Waals surface area contributed by atoms with Crippen LogP contribution in [0.4, 0.5) is 17.6 Å². The van der Waals surface area contributed by atoms with E-state index in [4.69, 9.17) is 0 Å². The van der Waals surface area contributed by atoms with E-state index in [2.05, 4.69) is 10.1 Å². The summed E-state index contributed by atoms with van der Waals surface area (Å²) in [5.41, 5.74) is 2.78. The molecule has 0 unspecified atom stereocenters. The predicted octanol–water partition coefficient (Wildman–Crippen LogP) is 7.53. The predicted molar refractivity (Wildman–Crippen MR) is 137 cm³/mol. The quantitative estimate of drug-likeness (QED) is 0.234. The summed E-state index contributed by atoms with van der Waals surface area (Å²) >= 11 is 1.14. The summed E-state index contributed by atoms with van der Waals surface area (Å²) < 4.78 is 56.3. The number of allylic oxidation sites excluding steroid dienone is 1. The van der Waals surface area contributed by atoms with Crippen LogP contribution in [0.5, 0.6) is 0 Å². The van der Waals surface area contributed by atoms with Crippen molar-refractivity contribution in [3.05, 3.63) is 88.6 Å². The van der Waals surface area contributed by atoms with Crippen LogP contribution >= 0.6 is 11.3 Å². The summed E-state index contributed by atoms with van der Waals surface area (Å²) in [5, 5.41) is 14.7. The van der Waals surface area contributed by atoms with Crippen LogP contribution in [0.2, 0.25) is 0 Å². The number of halogens is 4. The number of aromatic nitrogens is 4. The maximum absolute atomic E-state index is 13.9. The number of rotatable bonds is 5. The molecular formula is C27H20F4N4O2S. The van der Waals surface area contributed by atoms with Crippen LogP contribution in [0.1, 0.15) is 41.3 Å². The second-order valence-electron chi connectivity index (χ2n) is 8.89. The molecule has 0 atom stereocenters. The number of carboxylic acids is 1. The van der Waals surface area contributed by atoms with Gasteiger partial charge in [-0.3, -0.25) is 4.57 Å². The van der Waals surface area contributed by atoms with E-state index in [0.29, 0.717) is 33.0 Å². The number of benzene rings is 2. The van der Waals surface area contributed by atoms with Gasteiger partial charge in [0.05, 0.1) is 11.3 Å². The molecule has 5 aromatic rings. The molecule has 0 spiro atoms. The van der Waals surface area contributed by atoms with Gasteiger partial charge in [-0.05, 0) is 74.9 Å². The zero-order valence-electron chi connectivity index (χ0n) is 20.3. The van der Waals surface area contributed by atoms with Crippen molar-refractivity contribution < 1.29 is 27.5 Å². The number of carboxylic acid groups (broad SMARTS) is 1. The summed E-state index contributed by atoms with van der Waals surface area (Å²) in [6.45, 7) is 5.43. The molecule has 5 rings (SSSR count). The van der Waals surface area contributed by atoms with Crippen molar-refractivity contribution in [1.29, 1.82) is 0 Å². The van der Waals surface area contributed by atoms with Gasteiger partial charge < -0.3 is 5.11 Å². The van der Waals surface area contributed by atoms with Gasteiger partial charge in [-0.1, -0.05) is 29.0 Å². The lowest BCUT2D eigenvalue weighted by Crippen LogP contribution is -2.09. The van der Waals surface area contributed by atoms with E-state index in [1.54, 1.807) is 23.6 Å². The Bertz CT molecular complexity index is 1720. The second-order valence-corrected chi connectivity index (χ2v) is 9.85. The lowest BCUT2D eigenvalue weighted by molar-refractivity contribution is -0.137. The minimum Gasteiger partial charge on any atom is -0.476 e. The molecule has 3 aromatic heterocycles. The fourth-order valence-electron chi connectivity index (χ4n) is 4.30. The molecule has 0 fully saturated rings. The Kier molecular flexibility index (Phi) is 6.18. The van der Waals surface area contributed by atoms with Gasteiger partial charge in [-0.15, -0.1) is 0 Å². The number of hydrogen-bond donors (Lipinski definition) is 1. The number of carbonyl (C=O) groups is 1. The first-order chi connectivity index (χ1) is 17.9. The molecule has 6 nitrogen and oxygen atoms in total. The van der Waals surface area contributed by atoms with Gasteiger partial charge in [0.25, 0.3) is 0 Å². The van der Waals surface area contributed by atoms with Crippen molar-refractivity contribution >= 4 is 33.7 Å². The molecule has 0 aliphatic carbocycles. The SMILES string of the molecule is CC(C)=Cc1cc2nc(-n3nc(C)c(-c4cccc(F)c4)c3C(=O)O)sc2n1-c1ccc(C(F)(F)F)cc1. The molecule has 0 aliphatic heterocycles. The van der Waals surface area contributed by atoms with E-state index in [1.165, 1.54) is 35.0 Å². The summed E-state index contributed by atoms with van der Waals surface area (Å²) in [5.74, 6) is -1.77. The molecule has 11 heteroatoms. The molecule has 194 valence electrons. The van der Waals surface area contributed by atoms with Crippen LogP contribution in [0.3, 0.4) is 0 Å². The highest BCUT2D eigenvalue weighted by atomic mass is 32.1. The van der Waals surface area contributed by atoms with E-state index >= 15 is 0 Å². The van der Waals surface area contributed by atoms with Gasteiger partial charge in [0.1, 0.15) is 16.2 Å². The third kappa shape index (κ3) is 4.49. The molecule has 0 amide bonds. The van der Waals surface area contributed by atoms with E-state index in [1.807, 2.05) is 19.9 Å². The first kappa shape index (κ1) is 25.4. The molecule has 0 radical (unpaired) electrons. The minimum atomic E-state index is -4.46. The Morgan fingerprint density at radius 3 is 2.39 bits per heavy atom. The number of nitrogens with zero attached hydrogens (tertiary/aromatic N) is 4. The number of fused-ring (bicyclic) bond motifs is 1. The van der Waals surface area contributed by atoms with Gasteiger partial charge >= 0.3 is 12.1 Å². The van der Waals surface area contributed by atoms with Crippen LogP contribution in [0.15, 0.2) is 60.2 Å². The summed E-state index contributed by atoms with van der Waals surface area (Å²) in [6.07, 6.45) is -2.58. The van der Waals surface area contributed by atoms with Crippen molar-refractivity contribution in [1.82, 2.24) is 19.3 Å². The monoisotopic (exact) mass is 540 g/mol. The molecule has 0 bridgehead atoms. The highest BCUT2D eigenvalue weighted by Gasteiger charge is 2.30. The van der Waals surface area contributed by atoms with E-state index in [9.17, 15) is 27.5 Å². The van der Waals surface area contributed by atoms with Crippen LogP contribution in [0, 0.1) is 12.7 Å². The lowest BCUT2D eigenvalue weighted by Gasteiger charge is -2.11. The smallest absolute Gasteiger partial charge is 0.416 e. The average Bonchev–Trinajstić information content (AvgIpc) is 3.48. The van der Waals surface area contributed by atoms with Crippen LogP contribution in [-0.2, 0) is 6.18 Å². The standard InChI is InChI=1S/C27H20F4N4O2S/c1-14(2)11-20-13-21-24(34(20)19-9-7-17(8-10-19)27(29,30)31)38-26(32-21)35-23(25(36)37)22(15(3)33-35)16-5-4-6-18(28)12-16/h4-13H,1-3H3,(H,36,37). The van der Waals surface area contributed by atoms with Gasteiger partial charge in [0.2, 0.25) is 5.13 Å². The minimum absolute atomic E-state index is 0.171. The maximum atomic E-state index is 13.9. The first-order valence-corrected chi connectivity index (χ1v) is 12.2. The molecule has 0 saturated heterocycles. The average molecular weight is 541 g/mol. The number of hydrogen-bond acceptors (Lipinski definition) is 4. The van der Waals surface area contributed by atoms with E-state index in [-0.39, 0.29) is 16.4 Å². The van der Waals surface area contributed by atoms with E-state index in [0.717, 1.165) is 29.0 Å². The highest BCUT2D eigenvalue weighted by Crippen LogP contribution is 2.36. The third-order valence-electron chi connectivity index (χ3n) is 5.82. The van der Waals surface area contributed by atoms with Crippen LogP contribution in [0.25, 0.3) is 38.4 Å². The molecular weight excluding hydrogens is 520 g/mol. The van der Waals surface area contributed by atoms with E-state index < -0.39 is 23.5 Å². The summed E-state index contributed by atoms with van der Waals surface area (Å²) in [7, 11) is 0. The van der Waals surface area contributed by atoms with Crippen LogP contribution in [-0.4, -0.2) is 30.4 Å². The molecule has 1 N–H and O–H groups in total. The Labute approximate surface area is 218 Å². The topological polar surface area (TPSA) is 72.9 Å². The molecule has 2 aromatic carbocycles. The first-order valence-electron chi connectivity index (χ1n) is 11.4. The lowest BCUT2D eigenvalue weighted by atomic mass is 10.0. The Morgan fingerprint density at radius 1 is 1.08 bits per heavy atom.